The number of nitrogens with one attached hydrogen (secondary N) is 1. The molecular weight excluding hydrogens is 276 g/mol. The van der Waals surface area contributed by atoms with E-state index in [-0.39, 0.29) is 11.9 Å². The van der Waals surface area contributed by atoms with E-state index in [1.165, 1.54) is 0 Å². The predicted molar refractivity (Wildman–Crippen MR) is 78.7 cm³/mol. The van der Waals surface area contributed by atoms with Gasteiger partial charge in [0.05, 0.1) is 6.26 Å². The molecule has 2 atom stereocenters. The number of rotatable bonds is 5. The van der Waals surface area contributed by atoms with E-state index < -0.39 is 10.0 Å². The van der Waals surface area contributed by atoms with Crippen LogP contribution in [0.3, 0.4) is 0 Å². The quantitative estimate of drug-likeness (QED) is 0.778. The SMILES string of the molecule is CS(=O)(=O)NC[C@H]1CCCCN1C(=O)C[C@H]1C=CCC1. The van der Waals surface area contributed by atoms with Crippen LogP contribution in [0.1, 0.15) is 38.5 Å². The topological polar surface area (TPSA) is 66.5 Å². The highest BCUT2D eigenvalue weighted by atomic mass is 32.2. The van der Waals surface area contributed by atoms with Crippen LogP contribution < -0.4 is 4.72 Å². The van der Waals surface area contributed by atoms with Crippen LogP contribution in [0, 0.1) is 5.92 Å². The van der Waals surface area contributed by atoms with Gasteiger partial charge in [-0.15, -0.1) is 0 Å². The second-order valence-electron chi connectivity index (χ2n) is 5.83. The summed E-state index contributed by atoms with van der Waals surface area (Å²) in [4.78, 5) is 14.3. The van der Waals surface area contributed by atoms with Crippen molar-refractivity contribution in [1.29, 1.82) is 0 Å². The van der Waals surface area contributed by atoms with Gasteiger partial charge in [-0.1, -0.05) is 12.2 Å². The molecule has 1 fully saturated rings. The van der Waals surface area contributed by atoms with E-state index >= 15 is 0 Å². The van der Waals surface area contributed by atoms with Gasteiger partial charge >= 0.3 is 0 Å². The van der Waals surface area contributed by atoms with E-state index in [1.807, 2.05) is 4.90 Å². The maximum Gasteiger partial charge on any atom is 0.223 e. The molecule has 0 aromatic heterocycles. The average Bonchev–Trinajstić information content (AvgIpc) is 2.88. The Balaban J connectivity index is 1.91. The van der Waals surface area contributed by atoms with Crippen molar-refractivity contribution in [2.45, 2.75) is 44.6 Å². The minimum Gasteiger partial charge on any atom is -0.338 e. The monoisotopic (exact) mass is 300 g/mol. The van der Waals surface area contributed by atoms with Gasteiger partial charge in [0.2, 0.25) is 15.9 Å². The number of carbonyl (C=O) groups excluding carboxylic acids is 1. The summed E-state index contributed by atoms with van der Waals surface area (Å²) in [6.07, 6.45) is 11.1. The molecule has 2 aliphatic rings. The molecule has 0 aromatic rings. The number of carbonyl (C=O) groups is 1. The first kappa shape index (κ1) is 15.5. The molecule has 0 spiro atoms. The maximum absolute atomic E-state index is 12.4. The largest absolute Gasteiger partial charge is 0.338 e. The van der Waals surface area contributed by atoms with Crippen LogP contribution in [0.2, 0.25) is 0 Å². The van der Waals surface area contributed by atoms with Gasteiger partial charge in [0, 0.05) is 25.6 Å². The van der Waals surface area contributed by atoms with Crippen LogP contribution in [0.4, 0.5) is 0 Å². The number of likely N-dealkylation sites (tertiary alicyclic amines) is 1. The molecule has 0 bridgehead atoms. The molecule has 114 valence electrons. The molecule has 0 radical (unpaired) electrons. The normalized spacial score (nSPS) is 26.9. The highest BCUT2D eigenvalue weighted by Gasteiger charge is 2.28. The van der Waals surface area contributed by atoms with Crippen LogP contribution >= 0.6 is 0 Å². The van der Waals surface area contributed by atoms with Gasteiger partial charge in [-0.2, -0.15) is 0 Å². The third-order valence-electron chi connectivity index (χ3n) is 4.08. The van der Waals surface area contributed by atoms with Gasteiger partial charge in [0.1, 0.15) is 0 Å². The molecule has 20 heavy (non-hydrogen) atoms. The molecular formula is C14H24N2O3S. The average molecular weight is 300 g/mol. The third-order valence-corrected chi connectivity index (χ3v) is 4.77. The van der Waals surface area contributed by atoms with E-state index in [0.717, 1.165) is 44.9 Å². The highest BCUT2D eigenvalue weighted by molar-refractivity contribution is 7.88. The van der Waals surface area contributed by atoms with Crippen molar-refractivity contribution in [1.82, 2.24) is 9.62 Å². The molecule has 5 nitrogen and oxygen atoms in total. The Morgan fingerprint density at radius 2 is 2.15 bits per heavy atom. The number of amides is 1. The van der Waals surface area contributed by atoms with Crippen molar-refractivity contribution in [3.8, 4) is 0 Å². The Morgan fingerprint density at radius 3 is 2.80 bits per heavy atom. The van der Waals surface area contributed by atoms with Crippen molar-refractivity contribution >= 4 is 15.9 Å². The van der Waals surface area contributed by atoms with E-state index in [9.17, 15) is 13.2 Å². The second kappa shape index (κ2) is 6.72. The summed E-state index contributed by atoms with van der Waals surface area (Å²) in [5.41, 5.74) is 0. The highest BCUT2D eigenvalue weighted by Crippen LogP contribution is 2.24. The Hall–Kier alpha value is -0.880. The molecule has 1 amide bonds. The van der Waals surface area contributed by atoms with E-state index in [0.29, 0.717) is 18.9 Å². The number of allylic oxidation sites excluding steroid dienone is 2. The third kappa shape index (κ3) is 4.59. The molecule has 0 aromatic carbocycles. The first-order valence-electron chi connectivity index (χ1n) is 7.36. The minimum atomic E-state index is -3.19. The second-order valence-corrected chi connectivity index (χ2v) is 7.66. The van der Waals surface area contributed by atoms with Gasteiger partial charge < -0.3 is 4.90 Å². The fourth-order valence-electron chi connectivity index (χ4n) is 3.00. The number of hydrogen-bond acceptors (Lipinski definition) is 3. The van der Waals surface area contributed by atoms with Gasteiger partial charge in [0.25, 0.3) is 0 Å². The van der Waals surface area contributed by atoms with Crippen molar-refractivity contribution in [3.63, 3.8) is 0 Å². The molecule has 1 aliphatic carbocycles. The smallest absolute Gasteiger partial charge is 0.223 e. The Labute approximate surface area is 121 Å². The Bertz CT molecular complexity index is 473. The Kier molecular flexibility index (Phi) is 5.21. The van der Waals surface area contributed by atoms with Crippen LogP contribution in [-0.4, -0.2) is 44.6 Å². The standard InChI is InChI=1S/C14H24N2O3S/c1-20(18,19)15-11-13-8-4-5-9-16(13)14(17)10-12-6-2-3-7-12/h2,6,12-13,15H,3-5,7-11H2,1H3/t12-,13+/m0/s1. The summed E-state index contributed by atoms with van der Waals surface area (Å²) in [6.45, 7) is 1.09. The summed E-state index contributed by atoms with van der Waals surface area (Å²) in [5, 5.41) is 0. The van der Waals surface area contributed by atoms with Gasteiger partial charge in [-0.25, -0.2) is 13.1 Å². The maximum atomic E-state index is 12.4. The lowest BCUT2D eigenvalue weighted by atomic mass is 9.99. The molecule has 1 saturated heterocycles. The zero-order valence-electron chi connectivity index (χ0n) is 12.0. The summed E-state index contributed by atoms with van der Waals surface area (Å²) >= 11 is 0. The van der Waals surface area contributed by atoms with Crippen molar-refractivity contribution in [3.05, 3.63) is 12.2 Å². The molecule has 2 rings (SSSR count). The molecule has 1 aliphatic heterocycles. The van der Waals surface area contributed by atoms with Crippen LogP contribution in [0.25, 0.3) is 0 Å². The summed E-state index contributed by atoms with van der Waals surface area (Å²) in [5.74, 6) is 0.537. The minimum absolute atomic E-state index is 0.0105. The van der Waals surface area contributed by atoms with Crippen molar-refractivity contribution in [2.75, 3.05) is 19.3 Å². The first-order chi connectivity index (χ1) is 9.46. The molecule has 0 unspecified atom stereocenters. The number of nitrogens with zero attached hydrogens (tertiary/aromatic N) is 1. The van der Waals surface area contributed by atoms with E-state index in [1.54, 1.807) is 0 Å². The van der Waals surface area contributed by atoms with Crippen LogP contribution in [0.15, 0.2) is 12.2 Å². The van der Waals surface area contributed by atoms with E-state index in [4.69, 9.17) is 0 Å². The Morgan fingerprint density at radius 1 is 1.35 bits per heavy atom. The zero-order valence-corrected chi connectivity index (χ0v) is 12.9. The number of sulfonamides is 1. The van der Waals surface area contributed by atoms with Gasteiger partial charge in [-0.3, -0.25) is 4.79 Å². The summed E-state index contributed by atoms with van der Waals surface area (Å²) in [7, 11) is -3.19. The number of hydrogen-bond donors (Lipinski definition) is 1. The van der Waals surface area contributed by atoms with Crippen molar-refractivity contribution in [2.24, 2.45) is 5.92 Å². The predicted octanol–water partition coefficient (Wildman–Crippen LogP) is 1.27. The number of piperidine rings is 1. The van der Waals surface area contributed by atoms with Gasteiger partial charge in [0.15, 0.2) is 0 Å². The van der Waals surface area contributed by atoms with Crippen LogP contribution in [-0.2, 0) is 14.8 Å². The lowest BCUT2D eigenvalue weighted by Gasteiger charge is -2.36. The fraction of sp³-hybridized carbons (Fsp3) is 0.786. The van der Waals surface area contributed by atoms with Gasteiger partial charge in [-0.05, 0) is 38.0 Å². The summed E-state index contributed by atoms with van der Waals surface area (Å²) < 4.78 is 24.9. The lowest BCUT2D eigenvalue weighted by Crippen LogP contribution is -2.49. The van der Waals surface area contributed by atoms with Crippen molar-refractivity contribution < 1.29 is 13.2 Å². The molecule has 1 heterocycles. The summed E-state index contributed by atoms with van der Waals surface area (Å²) in [6, 6.07) is 0.0105. The zero-order chi connectivity index (χ0) is 14.6. The first-order valence-corrected chi connectivity index (χ1v) is 9.25. The lowest BCUT2D eigenvalue weighted by molar-refractivity contribution is -0.135. The fourth-order valence-corrected chi connectivity index (χ4v) is 3.49. The molecule has 0 saturated carbocycles. The molecule has 6 heteroatoms. The molecule has 1 N–H and O–H groups in total. The van der Waals surface area contributed by atoms with Crippen LogP contribution in [0.5, 0.6) is 0 Å². The van der Waals surface area contributed by atoms with E-state index in [2.05, 4.69) is 16.9 Å².